The van der Waals surface area contributed by atoms with Crippen molar-refractivity contribution in [2.24, 2.45) is 5.73 Å². The zero-order valence-corrected chi connectivity index (χ0v) is 9.44. The first-order valence-corrected chi connectivity index (χ1v) is 5.40. The van der Waals surface area contributed by atoms with Gasteiger partial charge in [-0.3, -0.25) is 4.79 Å². The normalized spacial score (nSPS) is 12.6. The minimum atomic E-state index is -0.493. The number of quaternary nitrogens is 1. The van der Waals surface area contributed by atoms with E-state index in [1.807, 2.05) is 6.92 Å². The maximum absolute atomic E-state index is 10.9. The first-order chi connectivity index (χ1) is 7.59. The molecule has 7 nitrogen and oxygen atoms in total. The van der Waals surface area contributed by atoms with Gasteiger partial charge in [0, 0.05) is 0 Å². The lowest BCUT2D eigenvalue weighted by atomic mass is 10.3. The van der Waals surface area contributed by atoms with Crippen molar-refractivity contribution in [1.82, 2.24) is 19.7 Å². The zero-order valence-electron chi connectivity index (χ0n) is 8.62. The number of primary amides is 1. The van der Waals surface area contributed by atoms with Crippen LogP contribution in [0.15, 0.2) is 12.5 Å². The highest BCUT2D eigenvalue weighted by molar-refractivity contribution is 7.16. The summed E-state index contributed by atoms with van der Waals surface area (Å²) in [5, 5.41) is 4.61. The number of carbonyl (C=O) groups is 1. The standard InChI is InChI=1S/C8H10N6OS/c1-4(9)7-12-3-13-14(7)8-11-2-5(16-8)6(10)15/h2-4H,9H2,1H3,(H2,10,15)/p+1. The number of aromatic nitrogens is 4. The Kier molecular flexibility index (Phi) is 2.67. The molecule has 0 bridgehead atoms. The van der Waals surface area contributed by atoms with Crippen LogP contribution < -0.4 is 11.5 Å². The van der Waals surface area contributed by atoms with Gasteiger partial charge in [0.05, 0.1) is 6.20 Å². The van der Waals surface area contributed by atoms with Crippen molar-refractivity contribution in [3.8, 4) is 5.13 Å². The molecule has 2 aromatic rings. The van der Waals surface area contributed by atoms with Gasteiger partial charge >= 0.3 is 0 Å². The molecule has 0 aromatic carbocycles. The van der Waals surface area contributed by atoms with Crippen LogP contribution in [-0.4, -0.2) is 25.7 Å². The summed E-state index contributed by atoms with van der Waals surface area (Å²) in [5.41, 5.74) is 9.02. The van der Waals surface area contributed by atoms with Crippen LogP contribution in [0.4, 0.5) is 0 Å². The van der Waals surface area contributed by atoms with Crippen molar-refractivity contribution in [2.75, 3.05) is 0 Å². The Hall–Kier alpha value is -1.80. The van der Waals surface area contributed by atoms with E-state index in [0.29, 0.717) is 15.8 Å². The van der Waals surface area contributed by atoms with E-state index in [1.165, 1.54) is 23.9 Å². The lowest BCUT2D eigenvalue weighted by molar-refractivity contribution is -0.422. The van der Waals surface area contributed by atoms with E-state index in [1.54, 1.807) is 4.68 Å². The van der Waals surface area contributed by atoms with Gasteiger partial charge in [-0.05, 0) is 6.92 Å². The fraction of sp³-hybridized carbons (Fsp3) is 0.250. The fourth-order valence-corrected chi connectivity index (χ4v) is 1.95. The minimum absolute atomic E-state index is 0.0107. The van der Waals surface area contributed by atoms with Crippen molar-refractivity contribution in [2.45, 2.75) is 13.0 Å². The summed E-state index contributed by atoms with van der Waals surface area (Å²) in [4.78, 5) is 19.5. The second kappa shape index (κ2) is 3.99. The number of nitrogens with zero attached hydrogens (tertiary/aromatic N) is 4. The molecule has 2 aromatic heterocycles. The van der Waals surface area contributed by atoms with Crippen LogP contribution in [0.3, 0.4) is 0 Å². The van der Waals surface area contributed by atoms with Crippen LogP contribution in [-0.2, 0) is 0 Å². The molecule has 0 saturated carbocycles. The van der Waals surface area contributed by atoms with E-state index in [0.717, 1.165) is 0 Å². The van der Waals surface area contributed by atoms with Gasteiger partial charge in [0.25, 0.3) is 5.91 Å². The predicted octanol–water partition coefficient (Wildman–Crippen LogP) is -0.874. The summed E-state index contributed by atoms with van der Waals surface area (Å²) in [6.07, 6.45) is 2.86. The maximum atomic E-state index is 10.9. The summed E-state index contributed by atoms with van der Waals surface area (Å²) in [5.74, 6) is 0.207. The van der Waals surface area contributed by atoms with E-state index >= 15 is 0 Å². The molecular formula is C8H11N6OS+. The maximum Gasteiger partial charge on any atom is 0.260 e. The molecule has 16 heavy (non-hydrogen) atoms. The van der Waals surface area contributed by atoms with Crippen LogP contribution in [0.25, 0.3) is 5.13 Å². The van der Waals surface area contributed by atoms with Crippen LogP contribution in [0.5, 0.6) is 0 Å². The summed E-state index contributed by atoms with van der Waals surface area (Å²) in [7, 11) is 0. The molecule has 1 atom stereocenters. The van der Waals surface area contributed by atoms with Crippen molar-refractivity contribution in [1.29, 1.82) is 0 Å². The monoisotopic (exact) mass is 239 g/mol. The van der Waals surface area contributed by atoms with Crippen molar-refractivity contribution in [3.05, 3.63) is 23.2 Å². The topological polar surface area (TPSA) is 114 Å². The molecule has 0 spiro atoms. The third-order valence-electron chi connectivity index (χ3n) is 1.93. The van der Waals surface area contributed by atoms with E-state index in [-0.39, 0.29) is 6.04 Å². The summed E-state index contributed by atoms with van der Waals surface area (Å²) >= 11 is 1.18. The third kappa shape index (κ3) is 1.79. The number of hydrogen-bond acceptors (Lipinski definition) is 5. The first kappa shape index (κ1) is 10.7. The van der Waals surface area contributed by atoms with Gasteiger partial charge in [-0.15, -0.1) is 0 Å². The molecule has 8 heteroatoms. The highest BCUT2D eigenvalue weighted by Gasteiger charge is 2.16. The van der Waals surface area contributed by atoms with Crippen LogP contribution in [0.2, 0.25) is 0 Å². The molecule has 0 fully saturated rings. The van der Waals surface area contributed by atoms with Crippen LogP contribution >= 0.6 is 11.3 Å². The summed E-state index contributed by atoms with van der Waals surface area (Å²) in [6, 6.07) is -0.0107. The Bertz CT molecular complexity index is 516. The number of rotatable bonds is 3. The first-order valence-electron chi connectivity index (χ1n) is 4.58. The number of hydrogen-bond donors (Lipinski definition) is 2. The van der Waals surface area contributed by atoms with E-state index < -0.39 is 5.91 Å². The molecule has 0 aliphatic carbocycles. The van der Waals surface area contributed by atoms with E-state index in [2.05, 4.69) is 20.8 Å². The summed E-state index contributed by atoms with van der Waals surface area (Å²) < 4.78 is 1.56. The van der Waals surface area contributed by atoms with Gasteiger partial charge in [-0.25, -0.2) is 9.97 Å². The lowest BCUT2D eigenvalue weighted by Crippen LogP contribution is -2.52. The molecular weight excluding hydrogens is 228 g/mol. The van der Waals surface area contributed by atoms with Gasteiger partial charge < -0.3 is 11.5 Å². The Balaban J connectivity index is 2.42. The molecule has 1 amide bonds. The van der Waals surface area contributed by atoms with E-state index in [9.17, 15) is 4.79 Å². The molecule has 84 valence electrons. The predicted molar refractivity (Wildman–Crippen MR) is 56.9 cm³/mol. The van der Waals surface area contributed by atoms with Crippen LogP contribution in [0, 0.1) is 0 Å². The van der Waals surface area contributed by atoms with E-state index in [4.69, 9.17) is 5.73 Å². The molecule has 0 saturated heterocycles. The second-order valence-corrected chi connectivity index (χ2v) is 4.31. The van der Waals surface area contributed by atoms with Crippen molar-refractivity contribution >= 4 is 17.2 Å². The van der Waals surface area contributed by atoms with Crippen molar-refractivity contribution in [3.63, 3.8) is 0 Å². The van der Waals surface area contributed by atoms with Gasteiger partial charge in [-0.2, -0.15) is 9.78 Å². The van der Waals surface area contributed by atoms with Crippen LogP contribution in [0.1, 0.15) is 28.5 Å². The Labute approximate surface area is 95.1 Å². The lowest BCUT2D eigenvalue weighted by Gasteiger charge is -2.01. The smallest absolute Gasteiger partial charge is 0.260 e. The molecule has 2 heterocycles. The van der Waals surface area contributed by atoms with Gasteiger partial charge in [-0.1, -0.05) is 11.3 Å². The molecule has 1 unspecified atom stereocenters. The molecule has 2 rings (SSSR count). The average molecular weight is 239 g/mol. The minimum Gasteiger partial charge on any atom is -0.365 e. The van der Waals surface area contributed by atoms with Crippen molar-refractivity contribution < 1.29 is 10.5 Å². The Morgan fingerprint density at radius 1 is 1.62 bits per heavy atom. The number of thiazole rings is 1. The quantitative estimate of drug-likeness (QED) is 0.724. The largest absolute Gasteiger partial charge is 0.365 e. The second-order valence-electron chi connectivity index (χ2n) is 3.30. The van der Waals surface area contributed by atoms with Gasteiger partial charge in [0.1, 0.15) is 17.2 Å². The Morgan fingerprint density at radius 2 is 2.38 bits per heavy atom. The molecule has 0 radical (unpaired) electrons. The van der Waals surface area contributed by atoms with Gasteiger partial charge in [0.2, 0.25) is 5.13 Å². The fourth-order valence-electron chi connectivity index (χ4n) is 1.21. The number of carbonyl (C=O) groups excluding carboxylic acids is 1. The number of amides is 1. The van der Waals surface area contributed by atoms with Gasteiger partial charge in [0.15, 0.2) is 5.82 Å². The average Bonchev–Trinajstić information content (AvgIpc) is 2.86. The number of nitrogens with two attached hydrogens (primary N) is 1. The SMILES string of the molecule is CC([NH3+])c1ncnn1-c1ncc(C(N)=O)s1. The Morgan fingerprint density at radius 3 is 2.94 bits per heavy atom. The highest BCUT2D eigenvalue weighted by Crippen LogP contribution is 2.18. The molecule has 5 N–H and O–H groups in total. The molecule has 0 aliphatic heterocycles. The zero-order chi connectivity index (χ0) is 11.7. The molecule has 0 aliphatic rings. The highest BCUT2D eigenvalue weighted by atomic mass is 32.1. The third-order valence-corrected chi connectivity index (χ3v) is 2.92. The summed E-state index contributed by atoms with van der Waals surface area (Å²) in [6.45, 7) is 1.91.